The third-order valence-electron chi connectivity index (χ3n) is 5.68. The van der Waals surface area contributed by atoms with Gasteiger partial charge in [-0.3, -0.25) is 0 Å². The van der Waals surface area contributed by atoms with E-state index in [9.17, 15) is 10.4 Å². The molecule has 0 aliphatic heterocycles. The third-order valence-corrected chi connectivity index (χ3v) is 5.68. The number of nitriles is 1. The van der Waals surface area contributed by atoms with E-state index in [-0.39, 0.29) is 0 Å². The molecule has 2 rings (SSSR count). The Kier molecular flexibility index (Phi) is 3.74. The Labute approximate surface area is 111 Å². The molecule has 102 valence electrons. The van der Waals surface area contributed by atoms with Gasteiger partial charge in [0.05, 0.1) is 17.1 Å². The number of aliphatic hydroxyl groups is 1. The molecule has 2 aliphatic rings. The van der Waals surface area contributed by atoms with Gasteiger partial charge in [-0.05, 0) is 43.4 Å². The second-order valence-electron chi connectivity index (χ2n) is 7.01. The van der Waals surface area contributed by atoms with Crippen LogP contribution in [-0.4, -0.2) is 10.7 Å². The van der Waals surface area contributed by atoms with Gasteiger partial charge in [0.1, 0.15) is 0 Å². The van der Waals surface area contributed by atoms with Crippen molar-refractivity contribution in [3.63, 3.8) is 0 Å². The Hall–Kier alpha value is -0.550. The minimum absolute atomic E-state index is 0.447. The molecule has 0 aromatic rings. The van der Waals surface area contributed by atoms with E-state index in [4.69, 9.17) is 0 Å². The highest BCUT2D eigenvalue weighted by Gasteiger charge is 2.59. The van der Waals surface area contributed by atoms with Crippen LogP contribution in [0.4, 0.5) is 0 Å². The van der Waals surface area contributed by atoms with Crippen LogP contribution in [0.2, 0.25) is 0 Å². The van der Waals surface area contributed by atoms with Crippen LogP contribution < -0.4 is 0 Å². The van der Waals surface area contributed by atoms with E-state index in [1.54, 1.807) is 0 Å². The van der Waals surface area contributed by atoms with Crippen molar-refractivity contribution >= 4 is 0 Å². The molecule has 0 aromatic heterocycles. The smallest absolute Gasteiger partial charge is 0.0863 e. The molecule has 2 nitrogen and oxygen atoms in total. The molecule has 1 N–H and O–H groups in total. The summed E-state index contributed by atoms with van der Waals surface area (Å²) in [7, 11) is 0. The zero-order chi connectivity index (χ0) is 13.4. The maximum Gasteiger partial charge on any atom is 0.0863 e. The van der Waals surface area contributed by atoms with Crippen LogP contribution >= 0.6 is 0 Å². The predicted octanol–water partition coefficient (Wildman–Crippen LogP) is 3.89. The normalized spacial score (nSPS) is 44.4. The SMILES string of the molecule is CCC1CCCC(C#N)(C2(O)CC(C(C)C)C2)C1. The van der Waals surface area contributed by atoms with Gasteiger partial charge in [0, 0.05) is 0 Å². The molecule has 2 saturated carbocycles. The molecule has 2 atom stereocenters. The Morgan fingerprint density at radius 2 is 2.00 bits per heavy atom. The first-order chi connectivity index (χ1) is 8.46. The number of hydrogen-bond acceptors (Lipinski definition) is 2. The van der Waals surface area contributed by atoms with Crippen molar-refractivity contribution in [1.29, 1.82) is 5.26 Å². The first-order valence-electron chi connectivity index (χ1n) is 7.60. The number of hydrogen-bond donors (Lipinski definition) is 1. The van der Waals surface area contributed by atoms with Crippen molar-refractivity contribution in [2.75, 3.05) is 0 Å². The summed E-state index contributed by atoms with van der Waals surface area (Å²) in [5.74, 6) is 1.88. The summed E-state index contributed by atoms with van der Waals surface area (Å²) in [6.07, 6.45) is 7.00. The van der Waals surface area contributed by atoms with E-state index in [2.05, 4.69) is 26.8 Å². The average molecular weight is 249 g/mol. The molecular formula is C16H27NO. The minimum Gasteiger partial charge on any atom is -0.388 e. The van der Waals surface area contributed by atoms with Crippen LogP contribution in [-0.2, 0) is 0 Å². The van der Waals surface area contributed by atoms with Crippen molar-refractivity contribution < 1.29 is 5.11 Å². The summed E-state index contributed by atoms with van der Waals surface area (Å²) in [6.45, 7) is 6.65. The molecule has 2 fully saturated rings. The first kappa shape index (κ1) is 13.9. The lowest BCUT2D eigenvalue weighted by molar-refractivity contribution is -0.170. The van der Waals surface area contributed by atoms with Gasteiger partial charge in [-0.25, -0.2) is 0 Å². The molecule has 0 bridgehead atoms. The summed E-state index contributed by atoms with van der Waals surface area (Å²) in [4.78, 5) is 0. The van der Waals surface area contributed by atoms with Gasteiger partial charge in [-0.1, -0.05) is 40.0 Å². The largest absolute Gasteiger partial charge is 0.388 e. The summed E-state index contributed by atoms with van der Waals surface area (Å²) in [5, 5.41) is 20.6. The van der Waals surface area contributed by atoms with Crippen LogP contribution in [0.3, 0.4) is 0 Å². The van der Waals surface area contributed by atoms with Crippen molar-refractivity contribution in [2.45, 2.75) is 71.3 Å². The fourth-order valence-corrected chi connectivity index (χ4v) is 4.04. The lowest BCUT2D eigenvalue weighted by atomic mass is 9.50. The minimum atomic E-state index is -0.690. The number of nitrogens with zero attached hydrogens (tertiary/aromatic N) is 1. The Bertz CT molecular complexity index is 337. The van der Waals surface area contributed by atoms with Gasteiger partial charge in [-0.2, -0.15) is 5.26 Å². The average Bonchev–Trinajstić information content (AvgIpc) is 2.34. The fraction of sp³-hybridized carbons (Fsp3) is 0.938. The zero-order valence-corrected chi connectivity index (χ0v) is 12.1. The monoisotopic (exact) mass is 249 g/mol. The number of rotatable bonds is 3. The lowest BCUT2D eigenvalue weighted by Gasteiger charge is -2.56. The summed E-state index contributed by atoms with van der Waals surface area (Å²) in [6, 6.07) is 2.53. The Balaban J connectivity index is 2.11. The highest BCUT2D eigenvalue weighted by atomic mass is 16.3. The third kappa shape index (κ3) is 2.07. The molecule has 18 heavy (non-hydrogen) atoms. The Morgan fingerprint density at radius 3 is 2.50 bits per heavy atom. The molecule has 0 aromatic carbocycles. The van der Waals surface area contributed by atoms with E-state index in [0.29, 0.717) is 17.8 Å². The Morgan fingerprint density at radius 1 is 1.33 bits per heavy atom. The summed E-state index contributed by atoms with van der Waals surface area (Å²) < 4.78 is 0. The maximum absolute atomic E-state index is 10.9. The van der Waals surface area contributed by atoms with Gasteiger partial charge < -0.3 is 5.11 Å². The van der Waals surface area contributed by atoms with Gasteiger partial charge in [0.2, 0.25) is 0 Å². The predicted molar refractivity (Wildman–Crippen MR) is 72.8 cm³/mol. The molecule has 0 heterocycles. The van der Waals surface area contributed by atoms with E-state index in [1.165, 1.54) is 6.42 Å². The molecule has 2 unspecified atom stereocenters. The van der Waals surface area contributed by atoms with Gasteiger partial charge in [0.15, 0.2) is 0 Å². The first-order valence-corrected chi connectivity index (χ1v) is 7.60. The standard InChI is InChI=1S/C16H27NO/c1-4-13-6-5-7-15(8-13,11-17)16(18)9-14(10-16)12(2)3/h12-14,18H,4-10H2,1-3H3. The molecule has 2 aliphatic carbocycles. The van der Waals surface area contributed by atoms with E-state index < -0.39 is 11.0 Å². The van der Waals surface area contributed by atoms with Crippen molar-refractivity contribution in [2.24, 2.45) is 23.2 Å². The van der Waals surface area contributed by atoms with Gasteiger partial charge in [0.25, 0.3) is 0 Å². The highest BCUT2D eigenvalue weighted by molar-refractivity contribution is 5.18. The molecule has 0 radical (unpaired) electrons. The molecule has 0 amide bonds. The molecule has 0 spiro atoms. The molecular weight excluding hydrogens is 222 g/mol. The van der Waals surface area contributed by atoms with Crippen molar-refractivity contribution in [3.05, 3.63) is 0 Å². The lowest BCUT2D eigenvalue weighted by Crippen LogP contribution is -2.58. The maximum atomic E-state index is 10.9. The van der Waals surface area contributed by atoms with Crippen molar-refractivity contribution in [3.8, 4) is 6.07 Å². The summed E-state index contributed by atoms with van der Waals surface area (Å²) >= 11 is 0. The molecule has 2 heteroatoms. The molecule has 0 saturated heterocycles. The van der Waals surface area contributed by atoms with E-state index in [1.807, 2.05) is 0 Å². The van der Waals surface area contributed by atoms with Crippen molar-refractivity contribution in [1.82, 2.24) is 0 Å². The summed E-state index contributed by atoms with van der Waals surface area (Å²) in [5.41, 5.74) is -1.14. The zero-order valence-electron chi connectivity index (χ0n) is 12.1. The topological polar surface area (TPSA) is 44.0 Å². The van der Waals surface area contributed by atoms with E-state index in [0.717, 1.165) is 38.5 Å². The van der Waals surface area contributed by atoms with Crippen LogP contribution in [0.15, 0.2) is 0 Å². The second kappa shape index (κ2) is 4.85. The van der Waals surface area contributed by atoms with Gasteiger partial charge >= 0.3 is 0 Å². The van der Waals surface area contributed by atoms with Crippen LogP contribution in [0.25, 0.3) is 0 Å². The second-order valence-corrected chi connectivity index (χ2v) is 7.01. The van der Waals surface area contributed by atoms with E-state index >= 15 is 0 Å². The quantitative estimate of drug-likeness (QED) is 0.824. The van der Waals surface area contributed by atoms with Crippen LogP contribution in [0.5, 0.6) is 0 Å². The highest BCUT2D eigenvalue weighted by Crippen LogP contribution is 2.58. The van der Waals surface area contributed by atoms with Gasteiger partial charge in [-0.15, -0.1) is 0 Å². The fourth-order valence-electron chi connectivity index (χ4n) is 4.04. The van der Waals surface area contributed by atoms with Crippen LogP contribution in [0.1, 0.15) is 65.7 Å². The van der Waals surface area contributed by atoms with Crippen LogP contribution in [0, 0.1) is 34.5 Å².